The van der Waals surface area contributed by atoms with Gasteiger partial charge in [-0.15, -0.1) is 5.10 Å². The fraction of sp³-hybridized carbons (Fsp3) is 0.500. The number of piperazine rings is 1. The Morgan fingerprint density at radius 2 is 1.77 bits per heavy atom. The van der Waals surface area contributed by atoms with Crippen molar-refractivity contribution in [3.8, 4) is 0 Å². The Balaban J connectivity index is 1.41. The van der Waals surface area contributed by atoms with Crippen molar-refractivity contribution in [1.29, 1.82) is 0 Å². The van der Waals surface area contributed by atoms with Gasteiger partial charge < -0.3 is 25.8 Å². The molecule has 0 spiro atoms. The van der Waals surface area contributed by atoms with Crippen LogP contribution in [0.15, 0.2) is 36.5 Å². The van der Waals surface area contributed by atoms with Gasteiger partial charge in [0, 0.05) is 38.9 Å². The van der Waals surface area contributed by atoms with E-state index in [1.54, 1.807) is 10.9 Å². The van der Waals surface area contributed by atoms with Gasteiger partial charge >= 0.3 is 0 Å². The van der Waals surface area contributed by atoms with E-state index in [0.29, 0.717) is 25.1 Å². The smallest absolute Gasteiger partial charge is 0.246 e. The molecule has 3 aliphatic rings. The van der Waals surface area contributed by atoms with E-state index in [0.717, 1.165) is 5.56 Å². The number of aryl methyl sites for hydroxylation is 1. The van der Waals surface area contributed by atoms with Crippen molar-refractivity contribution in [3.05, 3.63) is 47.8 Å². The lowest BCUT2D eigenvalue weighted by atomic mass is 10.0. The van der Waals surface area contributed by atoms with E-state index < -0.39 is 24.0 Å². The summed E-state index contributed by atoms with van der Waals surface area (Å²) in [6.45, 7) is 0.868. The molecule has 0 aliphatic carbocycles. The fourth-order valence-electron chi connectivity index (χ4n) is 5.23. The molecule has 0 unspecified atom stereocenters. The van der Waals surface area contributed by atoms with E-state index in [4.69, 9.17) is 0 Å². The van der Waals surface area contributed by atoms with E-state index >= 15 is 0 Å². The number of amides is 5. The zero-order valence-electron chi connectivity index (χ0n) is 21.5. The van der Waals surface area contributed by atoms with Gasteiger partial charge in [0.15, 0.2) is 0 Å². The van der Waals surface area contributed by atoms with Crippen LogP contribution in [0.1, 0.15) is 36.9 Å². The second kappa shape index (κ2) is 11.6. The highest BCUT2D eigenvalue weighted by molar-refractivity contribution is 5.94. The quantitative estimate of drug-likeness (QED) is 0.441. The molecule has 1 aromatic carbocycles. The Bertz CT molecular complexity index is 1250. The number of nitrogens with zero attached hydrogens (tertiary/aromatic N) is 5. The number of fused-ring (bicyclic) bond motifs is 3. The molecule has 2 saturated heterocycles. The van der Waals surface area contributed by atoms with Crippen molar-refractivity contribution in [2.24, 2.45) is 0 Å². The lowest BCUT2D eigenvalue weighted by Gasteiger charge is -2.42. The van der Waals surface area contributed by atoms with Crippen LogP contribution in [0.25, 0.3) is 0 Å². The molecule has 13 heteroatoms. The summed E-state index contributed by atoms with van der Waals surface area (Å²) in [4.78, 5) is 68.1. The second-order valence-electron chi connectivity index (χ2n) is 10.1. The first-order valence-corrected chi connectivity index (χ1v) is 13.3. The van der Waals surface area contributed by atoms with Crippen molar-refractivity contribution >= 4 is 29.5 Å². The Labute approximate surface area is 225 Å². The number of nitrogens with one attached hydrogen (secondary N) is 3. The summed E-state index contributed by atoms with van der Waals surface area (Å²) < 4.78 is 1.62. The van der Waals surface area contributed by atoms with E-state index in [9.17, 15) is 24.0 Å². The number of aromatic nitrogens is 3. The first kappa shape index (κ1) is 26.3. The summed E-state index contributed by atoms with van der Waals surface area (Å²) in [5.41, 5.74) is 1.41. The van der Waals surface area contributed by atoms with Crippen LogP contribution in [0, 0.1) is 0 Å². The minimum atomic E-state index is -0.984. The number of carbonyl (C=O) groups excluding carboxylic acids is 5. The third-order valence-corrected chi connectivity index (χ3v) is 7.31. The molecule has 0 saturated carbocycles. The molecule has 3 aliphatic heterocycles. The predicted octanol–water partition coefficient (Wildman–Crippen LogP) is -1.27. The van der Waals surface area contributed by atoms with Gasteiger partial charge in [-0.05, 0) is 18.4 Å². The van der Waals surface area contributed by atoms with Gasteiger partial charge in [0.1, 0.15) is 23.8 Å². The van der Waals surface area contributed by atoms with Crippen LogP contribution in [0.4, 0.5) is 0 Å². The summed E-state index contributed by atoms with van der Waals surface area (Å²) in [5.74, 6) is -1.54. The normalized spacial score (nSPS) is 24.7. The molecular formula is C26H32N8O5. The molecule has 4 heterocycles. The summed E-state index contributed by atoms with van der Waals surface area (Å²) in [7, 11) is 0. The number of rotatable bonds is 3. The first-order chi connectivity index (χ1) is 18.9. The van der Waals surface area contributed by atoms with Gasteiger partial charge in [-0.2, -0.15) is 0 Å². The molecule has 1 aromatic heterocycles. The molecule has 13 nitrogen and oxygen atoms in total. The van der Waals surface area contributed by atoms with Crippen molar-refractivity contribution in [2.45, 2.75) is 63.3 Å². The summed E-state index contributed by atoms with van der Waals surface area (Å²) in [6, 6.07) is 6.87. The monoisotopic (exact) mass is 536 g/mol. The van der Waals surface area contributed by atoms with E-state index in [1.165, 1.54) is 9.80 Å². The lowest BCUT2D eigenvalue weighted by molar-refractivity contribution is -0.151. The molecule has 5 rings (SSSR count). The number of hydrogen-bond acceptors (Lipinski definition) is 7. The molecule has 39 heavy (non-hydrogen) atoms. The Kier molecular flexibility index (Phi) is 7.84. The summed E-state index contributed by atoms with van der Waals surface area (Å²) in [6.07, 6.45) is 3.35. The second-order valence-corrected chi connectivity index (χ2v) is 10.1. The number of hydrogen-bond donors (Lipinski definition) is 3. The lowest BCUT2D eigenvalue weighted by Crippen LogP contribution is -2.65. The van der Waals surface area contributed by atoms with Crippen LogP contribution in [0.5, 0.6) is 0 Å². The average Bonchev–Trinajstić information content (AvgIpc) is 3.59. The maximum Gasteiger partial charge on any atom is 0.246 e. The Morgan fingerprint density at radius 1 is 0.974 bits per heavy atom. The van der Waals surface area contributed by atoms with Crippen molar-refractivity contribution < 1.29 is 24.0 Å². The van der Waals surface area contributed by atoms with E-state index in [2.05, 4.69) is 26.3 Å². The van der Waals surface area contributed by atoms with Crippen LogP contribution in [0.2, 0.25) is 0 Å². The minimum absolute atomic E-state index is 0.0263. The molecule has 2 aromatic rings. The minimum Gasteiger partial charge on any atom is -0.348 e. The molecule has 3 atom stereocenters. The third kappa shape index (κ3) is 6.24. The van der Waals surface area contributed by atoms with Crippen molar-refractivity contribution in [3.63, 3.8) is 0 Å². The van der Waals surface area contributed by atoms with E-state index in [1.807, 2.05) is 30.3 Å². The largest absolute Gasteiger partial charge is 0.348 e. The Hall–Kier alpha value is -4.29. The molecule has 2 bridgehead atoms. The zero-order chi connectivity index (χ0) is 27.4. The molecule has 2 fully saturated rings. The van der Waals surface area contributed by atoms with Crippen LogP contribution in [-0.2, 0) is 43.5 Å². The van der Waals surface area contributed by atoms with Gasteiger partial charge in [-0.25, -0.2) is 0 Å². The van der Waals surface area contributed by atoms with Crippen LogP contribution in [-0.4, -0.2) is 92.1 Å². The van der Waals surface area contributed by atoms with Gasteiger partial charge in [0.05, 0.1) is 19.3 Å². The SMILES string of the molecule is O=C1CCCn2cc(nn2)CNC(=O)[C@H]2CN(C(=O)[C@H]3CCC(=O)N3)CCN2C(=O)[C@H](Cc2ccccc2)N1. The third-order valence-electron chi connectivity index (χ3n) is 7.31. The van der Waals surface area contributed by atoms with Gasteiger partial charge in [-0.1, -0.05) is 35.5 Å². The van der Waals surface area contributed by atoms with Crippen LogP contribution >= 0.6 is 0 Å². The summed E-state index contributed by atoms with van der Waals surface area (Å²) in [5, 5.41) is 16.5. The van der Waals surface area contributed by atoms with Gasteiger partial charge in [-0.3, -0.25) is 28.7 Å². The van der Waals surface area contributed by atoms with Crippen LogP contribution in [0.3, 0.4) is 0 Å². The standard InChI is InChI=1S/C26H32N8O5/c35-22-7-4-10-33-15-18(30-31-33)14-27-24(37)21-16-32(25(38)19-8-9-23(36)28-19)11-12-34(21)26(39)20(29-22)13-17-5-2-1-3-6-17/h1-3,5-6,15,19-21H,4,7-14,16H2,(H,27,37)(H,28,36)(H,29,35)/t19-,20+,21-/m1/s1. The number of benzene rings is 1. The molecular weight excluding hydrogens is 504 g/mol. The maximum atomic E-state index is 13.9. The highest BCUT2D eigenvalue weighted by atomic mass is 16.2. The number of carbonyl (C=O) groups is 5. The highest BCUT2D eigenvalue weighted by Gasteiger charge is 2.41. The average molecular weight is 537 g/mol. The van der Waals surface area contributed by atoms with Crippen molar-refractivity contribution in [1.82, 2.24) is 40.7 Å². The molecule has 3 N–H and O–H groups in total. The van der Waals surface area contributed by atoms with Crippen molar-refractivity contribution in [2.75, 3.05) is 19.6 Å². The molecule has 5 amide bonds. The van der Waals surface area contributed by atoms with Gasteiger partial charge in [0.2, 0.25) is 29.5 Å². The zero-order valence-corrected chi connectivity index (χ0v) is 21.5. The van der Waals surface area contributed by atoms with E-state index in [-0.39, 0.29) is 69.1 Å². The maximum absolute atomic E-state index is 13.9. The highest BCUT2D eigenvalue weighted by Crippen LogP contribution is 2.18. The fourth-order valence-corrected chi connectivity index (χ4v) is 5.23. The topological polar surface area (TPSA) is 159 Å². The molecule has 206 valence electrons. The Morgan fingerprint density at radius 3 is 2.54 bits per heavy atom. The summed E-state index contributed by atoms with van der Waals surface area (Å²) >= 11 is 0. The van der Waals surface area contributed by atoms with Crippen LogP contribution < -0.4 is 16.0 Å². The van der Waals surface area contributed by atoms with Gasteiger partial charge in [0.25, 0.3) is 0 Å². The first-order valence-electron chi connectivity index (χ1n) is 13.3. The predicted molar refractivity (Wildman–Crippen MR) is 136 cm³/mol. The molecule has 0 radical (unpaired) electrons.